The highest BCUT2D eigenvalue weighted by Crippen LogP contribution is 2.39. The van der Waals surface area contributed by atoms with Crippen molar-refractivity contribution in [1.82, 2.24) is 0 Å². The van der Waals surface area contributed by atoms with Gasteiger partial charge in [0, 0.05) is 6.61 Å². The van der Waals surface area contributed by atoms with E-state index in [1.54, 1.807) is 25.4 Å². The summed E-state index contributed by atoms with van der Waals surface area (Å²) in [7, 11) is 0.389. The monoisotopic (exact) mass is 486 g/mol. The second-order valence-corrected chi connectivity index (χ2v) is 11.8. The van der Waals surface area contributed by atoms with Gasteiger partial charge in [-0.2, -0.15) is 0 Å². The first-order valence-corrected chi connectivity index (χ1v) is 16.1. The minimum absolute atomic E-state index is 0.250. The maximum Gasteiger partial charge on any atom is 0.0402 e. The first-order valence-electron chi connectivity index (χ1n) is 14.2. The summed E-state index contributed by atoms with van der Waals surface area (Å²) in [4.78, 5) is 0. The Balaban J connectivity index is 0.000000612. The number of unbranched alkanes of at least 4 members (excludes halogenated alkanes) is 9. The summed E-state index contributed by atoms with van der Waals surface area (Å²) in [6.07, 6.45) is 22.2. The molecule has 0 spiro atoms. The minimum Gasteiger partial charge on any atom is -0.397 e. The van der Waals surface area contributed by atoms with Crippen molar-refractivity contribution < 1.29 is 5.11 Å². The zero-order chi connectivity index (χ0) is 25.1. The molecule has 2 rings (SSSR count). The van der Waals surface area contributed by atoms with Crippen molar-refractivity contribution in [2.45, 2.75) is 105 Å². The lowest BCUT2D eigenvalue weighted by Crippen LogP contribution is -1.97. The van der Waals surface area contributed by atoms with E-state index in [2.05, 4.69) is 69.3 Å². The highest BCUT2D eigenvalue weighted by atomic mass is 31.1. The van der Waals surface area contributed by atoms with E-state index in [4.69, 9.17) is 5.11 Å². The van der Waals surface area contributed by atoms with Crippen molar-refractivity contribution in [2.24, 2.45) is 0 Å². The van der Waals surface area contributed by atoms with E-state index in [-0.39, 0.29) is 6.61 Å². The van der Waals surface area contributed by atoms with E-state index in [0.717, 1.165) is 0 Å². The summed E-state index contributed by atoms with van der Waals surface area (Å²) < 4.78 is 0. The number of hydrogen-bond acceptors (Lipinski definition) is 1. The van der Waals surface area contributed by atoms with Gasteiger partial charge in [-0.15, -0.1) is 7.92 Å². The summed E-state index contributed by atoms with van der Waals surface area (Å²) in [6, 6.07) is 20.8. The maximum atomic E-state index is 7.57. The third-order valence-corrected chi connectivity index (χ3v) is 8.71. The number of aliphatic hydroxyl groups excluding tert-OH is 1. The average molecular weight is 487 g/mol. The molecule has 0 saturated heterocycles. The Labute approximate surface area is 214 Å². The average Bonchev–Trinajstić information content (AvgIpc) is 2.88. The molecule has 1 N–H and O–H groups in total. The Morgan fingerprint density at radius 1 is 0.471 bits per heavy atom. The Kier molecular flexibility index (Phi) is 25.5. The lowest BCUT2D eigenvalue weighted by atomic mass is 10.1. The molecule has 0 aliphatic carbocycles. The van der Waals surface area contributed by atoms with Crippen molar-refractivity contribution in [3.05, 3.63) is 60.7 Å². The van der Waals surface area contributed by atoms with Gasteiger partial charge in [0.25, 0.3) is 0 Å². The zero-order valence-corrected chi connectivity index (χ0v) is 23.9. The first-order chi connectivity index (χ1) is 16.7. The summed E-state index contributed by atoms with van der Waals surface area (Å²) in [5.74, 6) is 0. The van der Waals surface area contributed by atoms with Gasteiger partial charge in [0.2, 0.25) is 0 Å². The van der Waals surface area contributed by atoms with Crippen LogP contribution in [0.4, 0.5) is 0 Å². The summed E-state index contributed by atoms with van der Waals surface area (Å²) in [6.45, 7) is 8.88. The van der Waals surface area contributed by atoms with Gasteiger partial charge in [0.1, 0.15) is 0 Å². The van der Waals surface area contributed by atoms with Crippen LogP contribution in [0.2, 0.25) is 0 Å². The van der Waals surface area contributed by atoms with Gasteiger partial charge in [-0.1, -0.05) is 139 Å². The second kappa shape index (κ2) is 26.4. The summed E-state index contributed by atoms with van der Waals surface area (Å²) in [5, 5.41) is 7.57. The molecule has 0 amide bonds. The van der Waals surface area contributed by atoms with Gasteiger partial charge in [-0.3, -0.25) is 0 Å². The third-order valence-electron chi connectivity index (χ3n) is 5.86. The summed E-state index contributed by atoms with van der Waals surface area (Å²) in [5.41, 5.74) is 2.55. The van der Waals surface area contributed by atoms with Crippen molar-refractivity contribution in [1.29, 1.82) is 0 Å². The third kappa shape index (κ3) is 20.2. The van der Waals surface area contributed by atoms with Gasteiger partial charge in [0.15, 0.2) is 0 Å². The van der Waals surface area contributed by atoms with Crippen LogP contribution in [0.25, 0.3) is 11.1 Å². The topological polar surface area (TPSA) is 20.2 Å². The molecule has 0 fully saturated rings. The van der Waals surface area contributed by atoms with Crippen LogP contribution in [0, 0.1) is 0 Å². The minimum atomic E-state index is 0.250. The zero-order valence-electron chi connectivity index (χ0n) is 23.0. The van der Waals surface area contributed by atoms with Crippen LogP contribution in [0.15, 0.2) is 60.7 Å². The van der Waals surface area contributed by atoms with Gasteiger partial charge in [-0.25, -0.2) is 0 Å². The van der Waals surface area contributed by atoms with Crippen LogP contribution in [0.1, 0.15) is 105 Å². The molecular weight excluding hydrogens is 431 g/mol. The molecule has 0 heterocycles. The molecule has 0 aromatic heterocycles. The van der Waals surface area contributed by atoms with Crippen molar-refractivity contribution >= 4 is 7.92 Å². The Bertz CT molecular complexity index is 547. The second-order valence-electron chi connectivity index (χ2n) is 9.07. The van der Waals surface area contributed by atoms with Crippen LogP contribution in [0.5, 0.6) is 0 Å². The predicted molar refractivity (Wildman–Crippen MR) is 159 cm³/mol. The highest BCUT2D eigenvalue weighted by Gasteiger charge is 2.07. The molecule has 2 aromatic carbocycles. The van der Waals surface area contributed by atoms with E-state index in [1.807, 2.05) is 12.1 Å². The number of rotatable bonds is 16. The lowest BCUT2D eigenvalue weighted by Gasteiger charge is -2.17. The van der Waals surface area contributed by atoms with E-state index < -0.39 is 0 Å². The van der Waals surface area contributed by atoms with Crippen molar-refractivity contribution in [2.75, 3.05) is 25.1 Å². The molecule has 0 radical (unpaired) electrons. The van der Waals surface area contributed by atoms with Gasteiger partial charge >= 0.3 is 0 Å². The molecular formula is C32H55OP. The SMILES string of the molecule is CCCCCCP(CCCCCC)CCCCCC.CCO.c1ccc(-c2ccccc2)cc1. The molecule has 1 nitrogen and oxygen atoms in total. The van der Waals surface area contributed by atoms with Gasteiger partial charge in [0.05, 0.1) is 0 Å². The van der Waals surface area contributed by atoms with Crippen molar-refractivity contribution in [3.63, 3.8) is 0 Å². The van der Waals surface area contributed by atoms with E-state index in [9.17, 15) is 0 Å². The fourth-order valence-corrected chi connectivity index (χ4v) is 6.57. The Morgan fingerprint density at radius 2 is 0.765 bits per heavy atom. The molecule has 0 aliphatic heterocycles. The van der Waals surface area contributed by atoms with Gasteiger partial charge < -0.3 is 5.11 Å². The van der Waals surface area contributed by atoms with E-state index in [0.29, 0.717) is 7.92 Å². The van der Waals surface area contributed by atoms with Crippen LogP contribution in [0.3, 0.4) is 0 Å². The van der Waals surface area contributed by atoms with E-state index >= 15 is 0 Å². The Hall–Kier alpha value is -1.17. The standard InChI is InChI=1S/C18H39P.C12H10.C2H6O/c1-4-7-10-13-16-19(17-14-11-8-5-2)18-15-12-9-6-3;1-3-7-11(8-4-1)12-9-5-2-6-10-12;1-2-3/h4-18H2,1-3H3;1-10H;3H,2H2,1H3. The van der Waals surface area contributed by atoms with Crippen LogP contribution < -0.4 is 0 Å². The van der Waals surface area contributed by atoms with Crippen LogP contribution in [-0.4, -0.2) is 30.2 Å². The molecule has 2 heteroatoms. The largest absolute Gasteiger partial charge is 0.397 e. The Morgan fingerprint density at radius 3 is 1.03 bits per heavy atom. The number of aliphatic hydroxyl groups is 1. The molecule has 34 heavy (non-hydrogen) atoms. The quantitative estimate of drug-likeness (QED) is 0.185. The highest BCUT2D eigenvalue weighted by molar-refractivity contribution is 7.57. The fraction of sp³-hybridized carbons (Fsp3) is 0.625. The predicted octanol–water partition coefficient (Wildman–Crippen LogP) is 10.6. The lowest BCUT2D eigenvalue weighted by molar-refractivity contribution is 0.318. The van der Waals surface area contributed by atoms with Crippen LogP contribution >= 0.6 is 7.92 Å². The van der Waals surface area contributed by atoms with Crippen LogP contribution in [-0.2, 0) is 0 Å². The molecule has 0 saturated carbocycles. The normalized spacial score (nSPS) is 10.3. The molecule has 0 atom stereocenters. The first kappa shape index (κ1) is 32.8. The number of benzene rings is 2. The fourth-order valence-electron chi connectivity index (χ4n) is 3.88. The van der Waals surface area contributed by atoms with Gasteiger partial charge in [-0.05, 0) is 55.8 Å². The van der Waals surface area contributed by atoms with Crippen molar-refractivity contribution in [3.8, 4) is 11.1 Å². The molecule has 0 unspecified atom stereocenters. The number of hydrogen-bond donors (Lipinski definition) is 1. The molecule has 0 aliphatic rings. The molecule has 2 aromatic rings. The summed E-state index contributed by atoms with van der Waals surface area (Å²) >= 11 is 0. The maximum absolute atomic E-state index is 7.57. The molecule has 0 bridgehead atoms. The smallest absolute Gasteiger partial charge is 0.0402 e. The van der Waals surface area contributed by atoms with E-state index in [1.165, 1.54) is 88.2 Å². The molecule has 194 valence electrons.